The lowest BCUT2D eigenvalue weighted by Gasteiger charge is -2.11. The Labute approximate surface area is 176 Å². The maximum absolute atomic E-state index is 13.6. The molecule has 1 N–H and O–H groups in total. The van der Waals surface area contributed by atoms with Gasteiger partial charge in [-0.05, 0) is 36.4 Å². The number of aromatic nitrogens is 4. The second-order valence-corrected chi connectivity index (χ2v) is 6.58. The Morgan fingerprint density at radius 1 is 0.906 bits per heavy atom. The number of halogens is 6. The molecule has 0 aliphatic heterocycles. The first-order valence-corrected chi connectivity index (χ1v) is 9.03. The summed E-state index contributed by atoms with van der Waals surface area (Å²) in [5, 5.41) is 2.85. The Hall–Kier alpha value is -3.83. The molecule has 0 fully saturated rings. The van der Waals surface area contributed by atoms with E-state index in [1.54, 1.807) is 12.1 Å². The summed E-state index contributed by atoms with van der Waals surface area (Å²) < 4.78 is 83.3. The van der Waals surface area contributed by atoms with Crippen molar-refractivity contribution < 1.29 is 31.1 Å². The minimum Gasteiger partial charge on any atom is -0.484 e. The van der Waals surface area contributed by atoms with Crippen molar-refractivity contribution in [3.8, 4) is 17.1 Å². The van der Waals surface area contributed by atoms with E-state index in [0.717, 1.165) is 0 Å². The largest absolute Gasteiger partial charge is 0.484 e. The maximum Gasteiger partial charge on any atom is 0.435 e. The third-order valence-corrected chi connectivity index (χ3v) is 4.20. The summed E-state index contributed by atoms with van der Waals surface area (Å²) in [6.07, 6.45) is -5.24. The quantitative estimate of drug-likeness (QED) is 0.405. The average molecular weight is 453 g/mol. The van der Waals surface area contributed by atoms with Gasteiger partial charge in [-0.2, -0.15) is 26.3 Å². The molecule has 0 atom stereocenters. The van der Waals surface area contributed by atoms with Crippen molar-refractivity contribution in [2.75, 3.05) is 11.9 Å². The van der Waals surface area contributed by atoms with E-state index in [9.17, 15) is 26.3 Å². The van der Waals surface area contributed by atoms with Gasteiger partial charge >= 0.3 is 12.4 Å². The van der Waals surface area contributed by atoms with Crippen LogP contribution in [-0.2, 0) is 6.18 Å². The lowest BCUT2D eigenvalue weighted by Crippen LogP contribution is -2.19. The highest BCUT2D eigenvalue weighted by Crippen LogP contribution is 2.36. The van der Waals surface area contributed by atoms with Crippen molar-refractivity contribution in [2.24, 2.45) is 0 Å². The molecule has 3 aromatic heterocycles. The molecule has 0 aliphatic rings. The summed E-state index contributed by atoms with van der Waals surface area (Å²) in [5.41, 5.74) is -0.901. The molecule has 12 heteroatoms. The Kier molecular flexibility index (Phi) is 5.36. The van der Waals surface area contributed by atoms with Gasteiger partial charge in [-0.1, -0.05) is 6.07 Å². The van der Waals surface area contributed by atoms with Gasteiger partial charge in [0.15, 0.2) is 12.3 Å². The molecule has 0 saturated carbocycles. The Bertz CT molecular complexity index is 1230. The minimum absolute atomic E-state index is 0.00765. The Balaban J connectivity index is 1.62. The summed E-state index contributed by atoms with van der Waals surface area (Å²) in [6.45, 7) is -1.42. The molecular formula is C20H13F6N5O. The summed E-state index contributed by atoms with van der Waals surface area (Å²) in [4.78, 5) is 11.8. The highest BCUT2D eigenvalue weighted by atomic mass is 19.4. The van der Waals surface area contributed by atoms with Crippen LogP contribution in [0.15, 0.2) is 61.1 Å². The van der Waals surface area contributed by atoms with E-state index in [1.807, 2.05) is 0 Å². The number of imidazole rings is 1. The number of ether oxygens (including phenoxy) is 1. The number of rotatable bonds is 5. The lowest BCUT2D eigenvalue weighted by molar-refractivity contribution is -0.153. The summed E-state index contributed by atoms with van der Waals surface area (Å²) >= 11 is 0. The highest BCUT2D eigenvalue weighted by Gasteiger charge is 2.38. The smallest absolute Gasteiger partial charge is 0.435 e. The molecule has 166 valence electrons. The number of nitrogens with one attached hydrogen (secondary N) is 1. The first kappa shape index (κ1) is 21.4. The van der Waals surface area contributed by atoms with Crippen LogP contribution in [0, 0.1) is 0 Å². The Morgan fingerprint density at radius 3 is 2.34 bits per heavy atom. The summed E-state index contributed by atoms with van der Waals surface area (Å²) in [5.74, 6) is 0.138. The molecule has 0 spiro atoms. The number of pyridine rings is 1. The second-order valence-electron chi connectivity index (χ2n) is 6.58. The maximum atomic E-state index is 13.6. The van der Waals surface area contributed by atoms with Crippen LogP contribution in [0.2, 0.25) is 0 Å². The molecule has 3 heterocycles. The fraction of sp³-hybridized carbons (Fsp3) is 0.150. The number of fused-ring (bicyclic) bond motifs is 1. The van der Waals surface area contributed by atoms with Gasteiger partial charge < -0.3 is 10.1 Å². The van der Waals surface area contributed by atoms with Crippen LogP contribution in [0.5, 0.6) is 5.75 Å². The van der Waals surface area contributed by atoms with E-state index < -0.39 is 24.7 Å². The fourth-order valence-corrected chi connectivity index (χ4v) is 2.93. The van der Waals surface area contributed by atoms with Gasteiger partial charge in [-0.3, -0.25) is 9.38 Å². The zero-order valence-electron chi connectivity index (χ0n) is 15.9. The van der Waals surface area contributed by atoms with Crippen LogP contribution in [0.4, 0.5) is 37.8 Å². The molecule has 4 aromatic rings. The van der Waals surface area contributed by atoms with Gasteiger partial charge in [-0.25, -0.2) is 9.97 Å². The van der Waals surface area contributed by atoms with Gasteiger partial charge in [0, 0.05) is 11.9 Å². The third kappa shape index (κ3) is 4.74. The van der Waals surface area contributed by atoms with Crippen LogP contribution in [0.25, 0.3) is 17.0 Å². The van der Waals surface area contributed by atoms with Crippen molar-refractivity contribution in [1.29, 1.82) is 0 Å². The predicted octanol–water partition coefficient (Wildman–Crippen LogP) is 5.49. The molecular weight excluding hydrogens is 440 g/mol. The third-order valence-electron chi connectivity index (χ3n) is 4.20. The molecule has 1 aromatic carbocycles. The van der Waals surface area contributed by atoms with E-state index in [0.29, 0.717) is 5.69 Å². The van der Waals surface area contributed by atoms with Crippen molar-refractivity contribution in [1.82, 2.24) is 19.4 Å². The van der Waals surface area contributed by atoms with Crippen molar-refractivity contribution in [3.05, 3.63) is 66.7 Å². The Morgan fingerprint density at radius 2 is 1.66 bits per heavy atom. The van der Waals surface area contributed by atoms with E-state index in [4.69, 9.17) is 0 Å². The van der Waals surface area contributed by atoms with Crippen LogP contribution in [0.1, 0.15) is 5.69 Å². The summed E-state index contributed by atoms with van der Waals surface area (Å²) in [6, 6.07) is 10.1. The predicted molar refractivity (Wildman–Crippen MR) is 102 cm³/mol. The SMILES string of the molecule is FC(F)(F)COc1ccc(Nc2cncc(-c3c(C(F)(F)F)nc4ccccn34)n2)cc1. The standard InChI is InChI=1S/C20H13F6N5O/c21-19(22,23)11-32-13-6-4-12(5-7-13)28-15-10-27-9-14(29-15)17-18(20(24,25)26)30-16-3-1-2-8-31(16)17/h1-10H,11H2,(H,28,29). The van der Waals surface area contributed by atoms with Gasteiger partial charge in [-0.15, -0.1) is 0 Å². The average Bonchev–Trinajstić information content (AvgIpc) is 3.13. The molecule has 0 bridgehead atoms. The number of nitrogens with zero attached hydrogens (tertiary/aromatic N) is 4. The zero-order valence-corrected chi connectivity index (χ0v) is 15.9. The number of benzene rings is 1. The van der Waals surface area contributed by atoms with Gasteiger partial charge in [0.25, 0.3) is 0 Å². The molecule has 32 heavy (non-hydrogen) atoms. The first-order valence-electron chi connectivity index (χ1n) is 9.03. The summed E-state index contributed by atoms with van der Waals surface area (Å²) in [7, 11) is 0. The zero-order chi connectivity index (χ0) is 22.9. The monoisotopic (exact) mass is 453 g/mol. The molecule has 6 nitrogen and oxygen atoms in total. The van der Waals surface area contributed by atoms with Crippen molar-refractivity contribution >= 4 is 17.2 Å². The second kappa shape index (κ2) is 8.02. The topological polar surface area (TPSA) is 64.3 Å². The van der Waals surface area contributed by atoms with Crippen molar-refractivity contribution in [3.63, 3.8) is 0 Å². The molecule has 0 aliphatic carbocycles. The molecule has 0 radical (unpaired) electrons. The number of hydrogen-bond acceptors (Lipinski definition) is 5. The van der Waals surface area contributed by atoms with E-state index in [2.05, 4.69) is 25.0 Å². The molecule has 0 amide bonds. The van der Waals surface area contributed by atoms with E-state index >= 15 is 0 Å². The van der Waals surface area contributed by atoms with Crippen LogP contribution in [-0.4, -0.2) is 32.1 Å². The number of alkyl halides is 6. The number of anilines is 2. The van der Waals surface area contributed by atoms with Crippen LogP contribution in [0.3, 0.4) is 0 Å². The van der Waals surface area contributed by atoms with Crippen LogP contribution >= 0.6 is 0 Å². The lowest BCUT2D eigenvalue weighted by atomic mass is 10.2. The van der Waals surface area contributed by atoms with Gasteiger partial charge in [0.05, 0.1) is 12.4 Å². The van der Waals surface area contributed by atoms with Gasteiger partial charge in [0.1, 0.15) is 28.6 Å². The normalized spacial score (nSPS) is 12.2. The fourth-order valence-electron chi connectivity index (χ4n) is 2.93. The molecule has 4 rings (SSSR count). The highest BCUT2D eigenvalue weighted by molar-refractivity contribution is 5.66. The molecule has 0 saturated heterocycles. The van der Waals surface area contributed by atoms with Crippen LogP contribution < -0.4 is 10.1 Å². The first-order chi connectivity index (χ1) is 15.1. The van der Waals surface area contributed by atoms with E-state index in [-0.39, 0.29) is 28.6 Å². The van der Waals surface area contributed by atoms with E-state index in [1.165, 1.54) is 53.3 Å². The minimum atomic E-state index is -4.71. The molecule has 0 unspecified atom stereocenters. The number of hydrogen-bond donors (Lipinski definition) is 1. The van der Waals surface area contributed by atoms with Gasteiger partial charge in [0.2, 0.25) is 0 Å². The van der Waals surface area contributed by atoms with Crippen molar-refractivity contribution in [2.45, 2.75) is 12.4 Å².